The molecular weight excluding hydrogens is 331 g/mol. The van der Waals surface area contributed by atoms with Gasteiger partial charge in [0.1, 0.15) is 5.69 Å². The highest BCUT2D eigenvalue weighted by Gasteiger charge is 2.21. The molecule has 6 nitrogen and oxygen atoms in total. The van der Waals surface area contributed by atoms with Gasteiger partial charge < -0.3 is 10.2 Å². The van der Waals surface area contributed by atoms with E-state index in [1.165, 1.54) is 30.3 Å². The standard InChI is InChI=1S/C14H12Cl2N2O4/c1-2-3-22-17(8-19)12-7-13(20)18(14(12)21)11-5-9(15)4-10(16)6-11/h2,4-8,20-21H,1,3H2. The smallest absolute Gasteiger partial charge is 0.238 e. The van der Waals surface area contributed by atoms with E-state index in [4.69, 9.17) is 28.0 Å². The van der Waals surface area contributed by atoms with Crippen LogP contribution in [0.15, 0.2) is 36.9 Å². The normalized spacial score (nSPS) is 10.5. The lowest BCUT2D eigenvalue weighted by atomic mass is 10.3. The Morgan fingerprint density at radius 3 is 2.41 bits per heavy atom. The van der Waals surface area contributed by atoms with Gasteiger partial charge in [-0.25, -0.2) is 4.57 Å². The van der Waals surface area contributed by atoms with Crippen molar-refractivity contribution in [2.45, 2.75) is 0 Å². The number of rotatable bonds is 6. The van der Waals surface area contributed by atoms with Gasteiger partial charge in [-0.15, -0.1) is 6.58 Å². The summed E-state index contributed by atoms with van der Waals surface area (Å²) in [5.74, 6) is -0.730. The number of amides is 1. The zero-order chi connectivity index (χ0) is 16.3. The molecule has 0 aliphatic rings. The van der Waals surface area contributed by atoms with Crippen molar-refractivity contribution in [1.82, 2.24) is 4.57 Å². The number of hydrogen-bond acceptors (Lipinski definition) is 4. The van der Waals surface area contributed by atoms with Crippen molar-refractivity contribution in [2.75, 3.05) is 11.7 Å². The van der Waals surface area contributed by atoms with Gasteiger partial charge in [-0.1, -0.05) is 29.3 Å². The molecule has 0 aliphatic carbocycles. The van der Waals surface area contributed by atoms with E-state index in [9.17, 15) is 15.0 Å². The maximum absolute atomic E-state index is 11.1. The van der Waals surface area contributed by atoms with Crippen molar-refractivity contribution in [3.63, 3.8) is 0 Å². The lowest BCUT2D eigenvalue weighted by molar-refractivity contribution is -0.113. The third-order valence-electron chi connectivity index (χ3n) is 2.71. The van der Waals surface area contributed by atoms with Crippen LogP contribution in [0.5, 0.6) is 11.8 Å². The molecule has 0 saturated carbocycles. The first-order valence-corrected chi connectivity index (χ1v) is 6.82. The zero-order valence-electron chi connectivity index (χ0n) is 11.2. The molecule has 2 N–H and O–H groups in total. The minimum Gasteiger partial charge on any atom is -0.494 e. The quantitative estimate of drug-likeness (QED) is 0.480. The molecule has 0 radical (unpaired) electrons. The molecule has 0 saturated heterocycles. The molecule has 116 valence electrons. The molecule has 0 aliphatic heterocycles. The van der Waals surface area contributed by atoms with Crippen molar-refractivity contribution in [3.05, 3.63) is 47.0 Å². The Balaban J connectivity index is 2.50. The molecule has 1 aromatic heterocycles. The van der Waals surface area contributed by atoms with Crippen LogP contribution in [0.1, 0.15) is 0 Å². The van der Waals surface area contributed by atoms with Gasteiger partial charge in [-0.2, -0.15) is 5.06 Å². The van der Waals surface area contributed by atoms with Gasteiger partial charge >= 0.3 is 0 Å². The van der Waals surface area contributed by atoms with Crippen molar-refractivity contribution in [3.8, 4) is 17.4 Å². The van der Waals surface area contributed by atoms with Gasteiger partial charge in [-0.05, 0) is 18.2 Å². The van der Waals surface area contributed by atoms with E-state index in [0.29, 0.717) is 22.1 Å². The van der Waals surface area contributed by atoms with Crippen molar-refractivity contribution in [2.24, 2.45) is 0 Å². The summed E-state index contributed by atoms with van der Waals surface area (Å²) >= 11 is 11.8. The number of aromatic nitrogens is 1. The maximum atomic E-state index is 11.1. The summed E-state index contributed by atoms with van der Waals surface area (Å²) in [7, 11) is 0. The molecule has 0 bridgehead atoms. The van der Waals surface area contributed by atoms with Crippen LogP contribution < -0.4 is 5.06 Å². The molecule has 1 amide bonds. The highest BCUT2D eigenvalue weighted by molar-refractivity contribution is 6.34. The lowest BCUT2D eigenvalue weighted by Crippen LogP contribution is -2.21. The summed E-state index contributed by atoms with van der Waals surface area (Å²) in [6.45, 7) is 3.51. The fraction of sp³-hybridized carbons (Fsp3) is 0.0714. The van der Waals surface area contributed by atoms with E-state index < -0.39 is 5.88 Å². The van der Waals surface area contributed by atoms with Crippen molar-refractivity contribution < 1.29 is 19.8 Å². The average Bonchev–Trinajstić information content (AvgIpc) is 2.74. The van der Waals surface area contributed by atoms with Crippen LogP contribution in [0.2, 0.25) is 10.0 Å². The average molecular weight is 343 g/mol. The van der Waals surface area contributed by atoms with E-state index in [1.807, 2.05) is 0 Å². The molecular formula is C14H12Cl2N2O4. The highest BCUT2D eigenvalue weighted by Crippen LogP contribution is 2.38. The van der Waals surface area contributed by atoms with Crippen molar-refractivity contribution in [1.29, 1.82) is 0 Å². The van der Waals surface area contributed by atoms with Gasteiger partial charge in [0.15, 0.2) is 0 Å². The monoisotopic (exact) mass is 342 g/mol. The molecule has 0 atom stereocenters. The number of halogens is 2. The number of carbonyl (C=O) groups is 1. The summed E-state index contributed by atoms with van der Waals surface area (Å²) in [6, 6.07) is 5.66. The Bertz CT molecular complexity index is 695. The van der Waals surface area contributed by atoms with Gasteiger partial charge in [0.05, 0.1) is 12.3 Å². The summed E-state index contributed by atoms with van der Waals surface area (Å²) in [5, 5.41) is 21.7. The predicted octanol–water partition coefficient (Wildman–Crippen LogP) is 3.28. The summed E-state index contributed by atoms with van der Waals surface area (Å²) in [6.07, 6.45) is 1.79. The van der Waals surface area contributed by atoms with Crippen LogP contribution in [0, 0.1) is 0 Å². The molecule has 1 aromatic carbocycles. The second-order valence-electron chi connectivity index (χ2n) is 4.19. The maximum Gasteiger partial charge on any atom is 0.238 e. The predicted molar refractivity (Wildman–Crippen MR) is 83.8 cm³/mol. The Morgan fingerprint density at radius 2 is 1.86 bits per heavy atom. The lowest BCUT2D eigenvalue weighted by Gasteiger charge is -2.14. The number of aromatic hydroxyl groups is 2. The van der Waals surface area contributed by atoms with Crippen LogP contribution >= 0.6 is 23.2 Å². The highest BCUT2D eigenvalue weighted by atomic mass is 35.5. The fourth-order valence-corrected chi connectivity index (χ4v) is 2.36. The van der Waals surface area contributed by atoms with E-state index >= 15 is 0 Å². The van der Waals surface area contributed by atoms with Gasteiger partial charge in [0.25, 0.3) is 0 Å². The van der Waals surface area contributed by atoms with Crippen LogP contribution in [-0.2, 0) is 9.63 Å². The minimum atomic E-state index is -0.410. The molecule has 22 heavy (non-hydrogen) atoms. The second-order valence-corrected chi connectivity index (χ2v) is 5.06. The first-order chi connectivity index (χ1) is 10.5. The van der Waals surface area contributed by atoms with Crippen LogP contribution in [0.25, 0.3) is 5.69 Å². The summed E-state index contributed by atoms with van der Waals surface area (Å²) in [5.41, 5.74) is 0.291. The van der Waals surface area contributed by atoms with Crippen LogP contribution in [0.4, 0.5) is 5.69 Å². The molecule has 0 unspecified atom stereocenters. The third kappa shape index (κ3) is 3.19. The number of nitrogens with zero attached hydrogens (tertiary/aromatic N) is 2. The number of anilines is 1. The summed E-state index contributed by atoms with van der Waals surface area (Å²) < 4.78 is 1.07. The zero-order valence-corrected chi connectivity index (χ0v) is 12.8. The largest absolute Gasteiger partial charge is 0.494 e. The van der Waals surface area contributed by atoms with Crippen LogP contribution in [0.3, 0.4) is 0 Å². The second kappa shape index (κ2) is 6.74. The minimum absolute atomic E-state index is 0.0366. The number of hydroxylamine groups is 1. The van der Waals surface area contributed by atoms with E-state index in [0.717, 1.165) is 9.63 Å². The molecule has 1 heterocycles. The van der Waals surface area contributed by atoms with Gasteiger partial charge in [0, 0.05) is 16.1 Å². The van der Waals surface area contributed by atoms with E-state index in [2.05, 4.69) is 6.58 Å². The Kier molecular flexibility index (Phi) is 4.97. The topological polar surface area (TPSA) is 74.9 Å². The SMILES string of the molecule is C=CCON(C=O)c1cc(O)n(-c2cc(Cl)cc(Cl)c2)c1O. The Hall–Kier alpha value is -2.15. The first-order valence-electron chi connectivity index (χ1n) is 6.06. The van der Waals surface area contributed by atoms with E-state index in [1.54, 1.807) is 0 Å². The molecule has 2 aromatic rings. The molecule has 0 fully saturated rings. The third-order valence-corrected chi connectivity index (χ3v) is 3.14. The molecule has 0 spiro atoms. The summed E-state index contributed by atoms with van der Waals surface area (Å²) in [4.78, 5) is 16.1. The molecule has 8 heteroatoms. The Morgan fingerprint density at radius 1 is 1.23 bits per heavy atom. The number of benzene rings is 1. The first kappa shape index (κ1) is 16.2. The fourth-order valence-electron chi connectivity index (χ4n) is 1.85. The van der Waals surface area contributed by atoms with Gasteiger partial charge in [-0.3, -0.25) is 9.63 Å². The number of hydrogen-bond donors (Lipinski definition) is 2. The van der Waals surface area contributed by atoms with E-state index in [-0.39, 0.29) is 18.2 Å². The Labute approximate surface area is 136 Å². The van der Waals surface area contributed by atoms with Crippen LogP contribution in [-0.4, -0.2) is 27.8 Å². The van der Waals surface area contributed by atoms with Gasteiger partial charge in [0.2, 0.25) is 18.2 Å². The number of carbonyl (C=O) groups excluding carboxylic acids is 1. The molecule has 2 rings (SSSR count). The van der Waals surface area contributed by atoms with Crippen molar-refractivity contribution >= 4 is 35.3 Å².